The summed E-state index contributed by atoms with van der Waals surface area (Å²) in [5, 5.41) is 8.57. The average Bonchev–Trinajstić information content (AvgIpc) is 2.77. The number of thiocarbonyl (C=S) groups is 1. The van der Waals surface area contributed by atoms with Crippen LogP contribution in [0.2, 0.25) is 0 Å². The molecule has 32 heavy (non-hydrogen) atoms. The Balaban J connectivity index is 1.69. The number of hydrogen-bond donors (Lipinski definition) is 3. The first-order chi connectivity index (χ1) is 15.4. The van der Waals surface area contributed by atoms with Gasteiger partial charge in [0.15, 0.2) is 5.11 Å². The maximum Gasteiger partial charge on any atom is 0.257 e. The Morgan fingerprint density at radius 1 is 0.875 bits per heavy atom. The van der Waals surface area contributed by atoms with Crippen molar-refractivity contribution in [3.05, 3.63) is 89.0 Å². The number of aryl methyl sites for hydroxylation is 2. The van der Waals surface area contributed by atoms with Crippen LogP contribution in [0.15, 0.2) is 66.7 Å². The third-order valence-electron chi connectivity index (χ3n) is 4.82. The summed E-state index contributed by atoms with van der Waals surface area (Å²) in [6.07, 6.45) is 0. The smallest absolute Gasteiger partial charge is 0.257 e. The van der Waals surface area contributed by atoms with Gasteiger partial charge < -0.3 is 15.4 Å². The van der Waals surface area contributed by atoms with Gasteiger partial charge in [-0.1, -0.05) is 24.3 Å². The Bertz CT molecular complexity index is 1160. The van der Waals surface area contributed by atoms with Crippen LogP contribution >= 0.6 is 12.2 Å². The minimum absolute atomic E-state index is 0.0863. The summed E-state index contributed by atoms with van der Waals surface area (Å²) >= 11 is 5.30. The molecule has 164 valence electrons. The van der Waals surface area contributed by atoms with Gasteiger partial charge >= 0.3 is 0 Å². The summed E-state index contributed by atoms with van der Waals surface area (Å²) in [7, 11) is 0. The largest absolute Gasteiger partial charge is 0.494 e. The van der Waals surface area contributed by atoms with E-state index in [2.05, 4.69) is 16.0 Å². The second kappa shape index (κ2) is 10.5. The summed E-state index contributed by atoms with van der Waals surface area (Å²) in [5.74, 6) is -0.0524. The Labute approximate surface area is 193 Å². The third kappa shape index (κ3) is 5.92. The van der Waals surface area contributed by atoms with E-state index in [-0.39, 0.29) is 16.9 Å². The van der Waals surface area contributed by atoms with Crippen molar-refractivity contribution >= 4 is 40.5 Å². The summed E-state index contributed by atoms with van der Waals surface area (Å²) in [6.45, 7) is 6.39. The molecular weight excluding hydrogens is 422 g/mol. The van der Waals surface area contributed by atoms with Crippen LogP contribution in [0.1, 0.15) is 38.8 Å². The van der Waals surface area contributed by atoms with Gasteiger partial charge in [-0.25, -0.2) is 0 Å². The molecule has 0 saturated heterocycles. The first-order valence-corrected chi connectivity index (χ1v) is 10.6. The van der Waals surface area contributed by atoms with Gasteiger partial charge in [0, 0.05) is 11.3 Å². The second-order valence-electron chi connectivity index (χ2n) is 7.17. The molecule has 3 N–H and O–H groups in total. The molecule has 6 nitrogen and oxygen atoms in total. The van der Waals surface area contributed by atoms with Crippen molar-refractivity contribution in [2.45, 2.75) is 20.8 Å². The molecule has 2 amide bonds. The van der Waals surface area contributed by atoms with E-state index in [0.29, 0.717) is 34.9 Å². The molecular formula is C25H25N3O3S. The number of para-hydroxylation sites is 1. The Morgan fingerprint density at radius 3 is 2.41 bits per heavy atom. The van der Waals surface area contributed by atoms with Crippen LogP contribution in [0.25, 0.3) is 0 Å². The van der Waals surface area contributed by atoms with Gasteiger partial charge in [0.1, 0.15) is 5.75 Å². The van der Waals surface area contributed by atoms with Gasteiger partial charge in [-0.3, -0.25) is 14.9 Å². The van der Waals surface area contributed by atoms with Crippen LogP contribution in [0.3, 0.4) is 0 Å². The van der Waals surface area contributed by atoms with Crippen LogP contribution in [-0.4, -0.2) is 23.5 Å². The fourth-order valence-electron chi connectivity index (χ4n) is 3.03. The Kier molecular flexibility index (Phi) is 7.57. The van der Waals surface area contributed by atoms with Crippen molar-refractivity contribution in [1.82, 2.24) is 5.32 Å². The SMILES string of the molecule is CCOc1cccc(C(=O)NC(=S)Nc2ccccc2C(=O)Nc2ccc(C)c(C)c2)c1. The fraction of sp³-hybridized carbons (Fsp3) is 0.160. The van der Waals surface area contributed by atoms with Crippen LogP contribution < -0.4 is 20.7 Å². The number of carbonyl (C=O) groups is 2. The quantitative estimate of drug-likeness (QED) is 0.459. The molecule has 7 heteroatoms. The van der Waals surface area contributed by atoms with E-state index in [0.717, 1.165) is 11.1 Å². The van der Waals surface area contributed by atoms with E-state index in [1.807, 2.05) is 39.0 Å². The van der Waals surface area contributed by atoms with Gasteiger partial charge in [0.25, 0.3) is 11.8 Å². The molecule has 0 aliphatic heterocycles. The van der Waals surface area contributed by atoms with Gasteiger partial charge in [-0.2, -0.15) is 0 Å². The molecule has 0 atom stereocenters. The van der Waals surface area contributed by atoms with Gasteiger partial charge in [0.2, 0.25) is 0 Å². The van der Waals surface area contributed by atoms with Crippen LogP contribution in [0.4, 0.5) is 11.4 Å². The first kappa shape index (κ1) is 23.0. The minimum atomic E-state index is -0.374. The summed E-state index contributed by atoms with van der Waals surface area (Å²) in [4.78, 5) is 25.4. The van der Waals surface area contributed by atoms with E-state index < -0.39 is 0 Å². The van der Waals surface area contributed by atoms with E-state index in [4.69, 9.17) is 17.0 Å². The van der Waals surface area contributed by atoms with Crippen molar-refractivity contribution in [3.8, 4) is 5.75 Å². The van der Waals surface area contributed by atoms with E-state index in [1.54, 1.807) is 48.5 Å². The number of carbonyl (C=O) groups excluding carboxylic acids is 2. The number of ether oxygens (including phenoxy) is 1. The standard InChI is InChI=1S/C25H25N3O3S/c1-4-31-20-9-7-8-18(15-20)23(29)28-25(32)27-22-11-6-5-10-21(22)24(30)26-19-13-12-16(2)17(3)14-19/h5-15H,4H2,1-3H3,(H,26,30)(H2,27,28,29,32). The van der Waals surface area contributed by atoms with Gasteiger partial charge in [0.05, 0.1) is 17.9 Å². The van der Waals surface area contributed by atoms with Crippen molar-refractivity contribution in [2.75, 3.05) is 17.2 Å². The van der Waals surface area contributed by atoms with E-state index >= 15 is 0 Å². The fourth-order valence-corrected chi connectivity index (χ4v) is 3.23. The van der Waals surface area contributed by atoms with Crippen LogP contribution in [0, 0.1) is 13.8 Å². The number of rotatable bonds is 6. The zero-order chi connectivity index (χ0) is 23.1. The number of hydrogen-bond acceptors (Lipinski definition) is 4. The highest BCUT2D eigenvalue weighted by Gasteiger charge is 2.14. The minimum Gasteiger partial charge on any atom is -0.494 e. The van der Waals surface area contributed by atoms with E-state index in [9.17, 15) is 9.59 Å². The Morgan fingerprint density at radius 2 is 1.66 bits per heavy atom. The summed E-state index contributed by atoms with van der Waals surface area (Å²) in [5.41, 5.74) is 4.26. The summed E-state index contributed by atoms with van der Waals surface area (Å²) in [6, 6.07) is 19.5. The highest BCUT2D eigenvalue weighted by molar-refractivity contribution is 7.80. The van der Waals surface area contributed by atoms with Crippen molar-refractivity contribution in [2.24, 2.45) is 0 Å². The number of nitrogens with one attached hydrogen (secondary N) is 3. The van der Waals surface area contributed by atoms with Crippen LogP contribution in [0.5, 0.6) is 5.75 Å². The highest BCUT2D eigenvalue weighted by atomic mass is 32.1. The van der Waals surface area contributed by atoms with E-state index in [1.165, 1.54) is 0 Å². The normalized spacial score (nSPS) is 10.2. The van der Waals surface area contributed by atoms with Crippen molar-refractivity contribution < 1.29 is 14.3 Å². The summed E-state index contributed by atoms with van der Waals surface area (Å²) < 4.78 is 5.43. The molecule has 0 unspecified atom stereocenters. The number of anilines is 2. The molecule has 0 aromatic heterocycles. The molecule has 3 rings (SSSR count). The van der Waals surface area contributed by atoms with Crippen LogP contribution in [-0.2, 0) is 0 Å². The zero-order valence-electron chi connectivity index (χ0n) is 18.2. The van der Waals surface area contributed by atoms with Gasteiger partial charge in [-0.15, -0.1) is 0 Å². The predicted molar refractivity (Wildman–Crippen MR) is 132 cm³/mol. The van der Waals surface area contributed by atoms with Gasteiger partial charge in [-0.05, 0) is 86.6 Å². The molecule has 0 aliphatic carbocycles. The topological polar surface area (TPSA) is 79.5 Å². The molecule has 0 spiro atoms. The highest BCUT2D eigenvalue weighted by Crippen LogP contribution is 2.19. The molecule has 0 radical (unpaired) electrons. The maximum absolute atomic E-state index is 12.9. The lowest BCUT2D eigenvalue weighted by Gasteiger charge is -2.14. The van der Waals surface area contributed by atoms with Crippen molar-refractivity contribution in [1.29, 1.82) is 0 Å². The number of benzene rings is 3. The lowest BCUT2D eigenvalue weighted by molar-refractivity contribution is 0.0976. The molecule has 0 bridgehead atoms. The molecule has 0 saturated carbocycles. The van der Waals surface area contributed by atoms with Crippen molar-refractivity contribution in [3.63, 3.8) is 0 Å². The molecule has 3 aromatic rings. The maximum atomic E-state index is 12.9. The lowest BCUT2D eigenvalue weighted by Crippen LogP contribution is -2.34. The lowest BCUT2D eigenvalue weighted by atomic mass is 10.1. The first-order valence-electron chi connectivity index (χ1n) is 10.2. The second-order valence-corrected chi connectivity index (χ2v) is 7.58. The molecule has 3 aromatic carbocycles. The monoisotopic (exact) mass is 447 g/mol. The molecule has 0 fully saturated rings. The molecule has 0 aliphatic rings. The third-order valence-corrected chi connectivity index (χ3v) is 5.02. The average molecular weight is 448 g/mol. The predicted octanol–water partition coefficient (Wildman–Crippen LogP) is 5.08. The number of amides is 2. The molecule has 0 heterocycles. The zero-order valence-corrected chi connectivity index (χ0v) is 19.0. The Hall–Kier alpha value is -3.71.